The predicted molar refractivity (Wildman–Crippen MR) is 218 cm³/mol. The first-order valence-corrected chi connectivity index (χ1v) is 19.2. The molecule has 2 aromatic heterocycles. The molecule has 5 atom stereocenters. The molecule has 0 amide bonds. The monoisotopic (exact) mass is 832 g/mol. The highest BCUT2D eigenvalue weighted by Crippen LogP contribution is 2.45. The third-order valence-corrected chi connectivity index (χ3v) is 10.1. The van der Waals surface area contributed by atoms with Crippen molar-refractivity contribution in [1.82, 2.24) is 19.5 Å². The summed E-state index contributed by atoms with van der Waals surface area (Å²) in [5, 5.41) is 21.2. The Bertz CT molecular complexity index is 2410. The van der Waals surface area contributed by atoms with E-state index in [-0.39, 0.29) is 36.9 Å². The van der Waals surface area contributed by atoms with Gasteiger partial charge in [-0.3, -0.25) is 19.1 Å². The number of carbonyl (C=O) groups excluding carboxylic acids is 1. The fraction of sp³-hybridized carbons (Fsp3) is 0.295. The number of Topliss-reactive ketones (excluding diaryl/α,β-unsaturated/α-hetero) is 1. The van der Waals surface area contributed by atoms with Gasteiger partial charge in [0.25, 0.3) is 5.56 Å². The Balaban J connectivity index is 1.36. The zero-order chi connectivity index (χ0) is 42.8. The van der Waals surface area contributed by atoms with Crippen LogP contribution in [0.4, 0.5) is 5.95 Å². The van der Waals surface area contributed by atoms with E-state index in [4.69, 9.17) is 48.9 Å². The molecular weight excluding hydrogens is 789 g/mol. The van der Waals surface area contributed by atoms with Crippen molar-refractivity contribution >= 4 is 22.9 Å². The smallest absolute Gasteiger partial charge is 0.280 e. The average Bonchev–Trinajstić information content (AvgIpc) is 3.86. The number of nitrogens with two attached hydrogens (primary N) is 1. The molecule has 1 aliphatic rings. The third kappa shape index (κ3) is 9.25. The number of carbonyl (C=O) groups is 1. The maximum atomic E-state index is 14.9. The van der Waals surface area contributed by atoms with Crippen LogP contribution in [0.3, 0.4) is 0 Å². The van der Waals surface area contributed by atoms with Crippen molar-refractivity contribution in [3.8, 4) is 23.3 Å². The number of nitriles is 1. The number of rotatable bonds is 20. The van der Waals surface area contributed by atoms with Crippen molar-refractivity contribution in [3.05, 3.63) is 143 Å². The van der Waals surface area contributed by atoms with Gasteiger partial charge in [-0.05, 0) is 53.1 Å². The number of aliphatic hydroxyl groups excluding tert-OH is 1. The number of nitrogens with zero attached hydrogens (tertiary/aromatic N) is 4. The van der Waals surface area contributed by atoms with Crippen LogP contribution in [0.25, 0.3) is 11.2 Å². The highest BCUT2D eigenvalue weighted by Gasteiger charge is 2.54. The molecule has 1 aliphatic heterocycles. The van der Waals surface area contributed by atoms with Gasteiger partial charge in [-0.25, -0.2) is 4.98 Å². The summed E-state index contributed by atoms with van der Waals surface area (Å²) < 4.78 is 49.4. The summed E-state index contributed by atoms with van der Waals surface area (Å²) in [6, 6.07) is 34.5. The minimum Gasteiger partial charge on any atom is -0.497 e. The van der Waals surface area contributed by atoms with Gasteiger partial charge in [0, 0.05) is 0 Å². The van der Waals surface area contributed by atoms with Crippen LogP contribution >= 0.6 is 0 Å². The average molecular weight is 833 g/mol. The number of hydrogen-bond donors (Lipinski definition) is 3. The number of H-pyrrole nitrogens is 1. The number of aliphatic hydroxyl groups is 1. The number of aromatic amines is 1. The van der Waals surface area contributed by atoms with Gasteiger partial charge >= 0.3 is 0 Å². The van der Waals surface area contributed by atoms with Gasteiger partial charge in [-0.15, -0.1) is 0 Å². The molecule has 1 unspecified atom stereocenters. The Labute approximate surface area is 350 Å². The van der Waals surface area contributed by atoms with Gasteiger partial charge in [0.15, 0.2) is 23.5 Å². The first kappa shape index (κ1) is 42.5. The largest absolute Gasteiger partial charge is 0.497 e. The molecule has 4 N–H and O–H groups in total. The van der Waals surface area contributed by atoms with Crippen molar-refractivity contribution in [2.45, 2.75) is 42.7 Å². The Hall–Kier alpha value is -6.65. The van der Waals surface area contributed by atoms with Gasteiger partial charge in [0.1, 0.15) is 61.4 Å². The number of imidazole rings is 1. The van der Waals surface area contributed by atoms with Gasteiger partial charge in [0.05, 0.1) is 39.6 Å². The van der Waals surface area contributed by atoms with E-state index >= 15 is 0 Å². The van der Waals surface area contributed by atoms with E-state index in [2.05, 4.69) is 15.0 Å². The number of hydrogen-bond acceptors (Lipinski definition) is 15. The summed E-state index contributed by atoms with van der Waals surface area (Å²) >= 11 is 0. The quantitative estimate of drug-likeness (QED) is 0.0556. The number of methoxy groups -OCH3 is 2. The molecular formula is C44H44N6O11. The highest BCUT2D eigenvalue weighted by molar-refractivity contribution is 5.85. The van der Waals surface area contributed by atoms with Gasteiger partial charge in [-0.1, -0.05) is 72.8 Å². The van der Waals surface area contributed by atoms with E-state index in [0.29, 0.717) is 33.9 Å². The number of fused-ring (bicyclic) bond motifs is 1. The number of benzene rings is 4. The summed E-state index contributed by atoms with van der Waals surface area (Å²) in [5.41, 5.74) is 5.60. The molecule has 61 heavy (non-hydrogen) atoms. The SMILES string of the molecule is COc1ccc(C(OC(C(=O)COc2ccccc2)[C@H]2O[C@@H](n3cnc4c(=O)[nH]c(N)nc43)[C@H](OCOCOCCC#N)[C@@H]2O)(c2ccccc2)c2ccc(OC)cc2)cc1. The second-order valence-electron chi connectivity index (χ2n) is 13.8. The molecule has 1 saturated heterocycles. The van der Waals surface area contributed by atoms with Crippen LogP contribution < -0.4 is 25.5 Å². The van der Waals surface area contributed by atoms with E-state index in [1.807, 2.05) is 66.7 Å². The first-order chi connectivity index (χ1) is 29.8. The first-order valence-electron chi connectivity index (χ1n) is 19.2. The molecule has 316 valence electrons. The van der Waals surface area contributed by atoms with E-state index in [1.165, 1.54) is 10.9 Å². The minimum atomic E-state index is -1.60. The second kappa shape index (κ2) is 19.6. The standard InChI is InChI=1S/C44H44N6O11/c1-54-31-18-14-29(15-19-31)44(28-10-5-3-6-11-28,30-16-20-32(55-2)21-17-30)61-37(34(51)24-58-33-12-7-4-8-13-33)38-36(52)39(59-27-57-26-56-23-9-22-45)42(60-38)50-25-47-35-40(50)48-43(46)49-41(35)53/h3-8,10-21,25,36-39,42,52H,9,23-24,26-27H2,1-2H3,(H3,46,48,49,53)/t36-,37?,38+,39-,42-/m1/s1. The summed E-state index contributed by atoms with van der Waals surface area (Å²) in [7, 11) is 3.12. The van der Waals surface area contributed by atoms with E-state index in [1.54, 1.807) is 62.8 Å². The lowest BCUT2D eigenvalue weighted by Gasteiger charge is -2.40. The van der Waals surface area contributed by atoms with Crippen LogP contribution in [-0.2, 0) is 34.1 Å². The zero-order valence-corrected chi connectivity index (χ0v) is 33.3. The Morgan fingerprint density at radius 3 is 2.15 bits per heavy atom. The van der Waals surface area contributed by atoms with Crippen molar-refractivity contribution in [1.29, 1.82) is 5.26 Å². The van der Waals surface area contributed by atoms with Crippen molar-refractivity contribution in [2.75, 3.05) is 46.8 Å². The molecule has 0 saturated carbocycles. The Kier molecular flexibility index (Phi) is 13.7. The van der Waals surface area contributed by atoms with Gasteiger partial charge < -0.3 is 48.7 Å². The van der Waals surface area contributed by atoms with Crippen LogP contribution in [-0.4, -0.2) is 95.8 Å². The molecule has 7 rings (SSSR count). The van der Waals surface area contributed by atoms with Crippen molar-refractivity contribution in [3.63, 3.8) is 0 Å². The summed E-state index contributed by atoms with van der Waals surface area (Å²) in [6.07, 6.45) is -5.76. The van der Waals surface area contributed by atoms with E-state index in [9.17, 15) is 14.7 Å². The molecule has 3 heterocycles. The number of ether oxygens (including phenoxy) is 8. The number of anilines is 1. The fourth-order valence-electron chi connectivity index (χ4n) is 7.14. The number of ketones is 1. The highest BCUT2D eigenvalue weighted by atomic mass is 16.7. The van der Waals surface area contributed by atoms with Crippen LogP contribution in [0.1, 0.15) is 29.3 Å². The summed E-state index contributed by atoms with van der Waals surface area (Å²) in [6.45, 7) is -0.980. The number of nitrogens with one attached hydrogen (secondary N) is 1. The topological polar surface area (TPSA) is 225 Å². The van der Waals surface area contributed by atoms with Crippen LogP contribution in [0, 0.1) is 11.3 Å². The lowest BCUT2D eigenvalue weighted by molar-refractivity contribution is -0.174. The van der Waals surface area contributed by atoms with Gasteiger partial charge in [0.2, 0.25) is 11.7 Å². The molecule has 0 aliphatic carbocycles. The fourth-order valence-corrected chi connectivity index (χ4v) is 7.14. The Morgan fingerprint density at radius 2 is 1.52 bits per heavy atom. The van der Waals surface area contributed by atoms with Crippen LogP contribution in [0.15, 0.2) is 120 Å². The maximum Gasteiger partial charge on any atom is 0.280 e. The van der Waals surface area contributed by atoms with Gasteiger partial charge in [-0.2, -0.15) is 10.2 Å². The van der Waals surface area contributed by atoms with E-state index in [0.717, 1.165) is 0 Å². The third-order valence-electron chi connectivity index (χ3n) is 10.1. The number of nitrogen functional groups attached to an aromatic ring is 1. The minimum absolute atomic E-state index is 0.0276. The molecule has 0 spiro atoms. The lowest BCUT2D eigenvalue weighted by Crippen LogP contribution is -2.51. The van der Waals surface area contributed by atoms with Crippen LogP contribution in [0.5, 0.6) is 17.2 Å². The van der Waals surface area contributed by atoms with Crippen LogP contribution in [0.2, 0.25) is 0 Å². The molecule has 4 aromatic carbocycles. The van der Waals surface area contributed by atoms with E-state index < -0.39 is 61.0 Å². The summed E-state index contributed by atoms with van der Waals surface area (Å²) in [5.74, 6) is 0.811. The van der Waals surface area contributed by atoms with Crippen molar-refractivity contribution in [2.24, 2.45) is 0 Å². The molecule has 17 nitrogen and oxygen atoms in total. The molecule has 0 radical (unpaired) electrons. The Morgan fingerprint density at radius 1 is 0.902 bits per heavy atom. The van der Waals surface area contributed by atoms with Crippen molar-refractivity contribution < 1.29 is 47.8 Å². The predicted octanol–water partition coefficient (Wildman–Crippen LogP) is 4.25. The normalized spacial score (nSPS) is 18.1. The molecule has 6 aromatic rings. The maximum absolute atomic E-state index is 14.9. The molecule has 1 fully saturated rings. The number of para-hydroxylation sites is 1. The summed E-state index contributed by atoms with van der Waals surface area (Å²) in [4.78, 5) is 38.8. The lowest BCUT2D eigenvalue weighted by atomic mass is 9.79. The second-order valence-corrected chi connectivity index (χ2v) is 13.8. The zero-order valence-electron chi connectivity index (χ0n) is 33.3. The molecule has 17 heteroatoms. The number of aromatic nitrogens is 4. The molecule has 0 bridgehead atoms.